The highest BCUT2D eigenvalue weighted by atomic mass is 16.4. The van der Waals surface area contributed by atoms with E-state index < -0.39 is 5.97 Å². The molecule has 0 saturated heterocycles. The molecule has 0 aliphatic rings. The second kappa shape index (κ2) is 5.82. The molecule has 0 spiro atoms. The van der Waals surface area contributed by atoms with Crippen molar-refractivity contribution in [3.8, 4) is 0 Å². The van der Waals surface area contributed by atoms with E-state index >= 15 is 0 Å². The fourth-order valence-electron chi connectivity index (χ4n) is 1.61. The summed E-state index contributed by atoms with van der Waals surface area (Å²) in [5.74, 6) is -0.907. The van der Waals surface area contributed by atoms with Crippen LogP contribution in [-0.2, 0) is 6.42 Å². The van der Waals surface area contributed by atoms with E-state index in [1.54, 1.807) is 30.5 Å². The van der Waals surface area contributed by atoms with E-state index in [-0.39, 0.29) is 0 Å². The lowest BCUT2D eigenvalue weighted by atomic mass is 10.2. The maximum absolute atomic E-state index is 10.7. The van der Waals surface area contributed by atoms with Crippen LogP contribution in [0.3, 0.4) is 0 Å². The predicted molar refractivity (Wildman–Crippen MR) is 69.8 cm³/mol. The van der Waals surface area contributed by atoms with Crippen molar-refractivity contribution in [2.24, 2.45) is 0 Å². The van der Waals surface area contributed by atoms with E-state index in [1.807, 2.05) is 18.2 Å². The Kier molecular flexibility index (Phi) is 3.91. The van der Waals surface area contributed by atoms with Gasteiger partial charge in [-0.15, -0.1) is 0 Å². The first-order valence-corrected chi connectivity index (χ1v) is 5.73. The van der Waals surface area contributed by atoms with Gasteiger partial charge in [-0.1, -0.05) is 6.07 Å². The Morgan fingerprint density at radius 3 is 2.56 bits per heavy atom. The SMILES string of the molecule is O=C(O)c1ccc(NCCc2ccccn2)cc1. The monoisotopic (exact) mass is 242 g/mol. The Hall–Kier alpha value is -2.36. The van der Waals surface area contributed by atoms with Crippen LogP contribution in [0.15, 0.2) is 48.7 Å². The van der Waals surface area contributed by atoms with E-state index in [0.29, 0.717) is 5.56 Å². The van der Waals surface area contributed by atoms with Crippen LogP contribution in [-0.4, -0.2) is 22.6 Å². The van der Waals surface area contributed by atoms with Gasteiger partial charge in [0.05, 0.1) is 5.56 Å². The molecule has 4 nitrogen and oxygen atoms in total. The molecule has 0 atom stereocenters. The minimum absolute atomic E-state index is 0.297. The minimum atomic E-state index is -0.907. The smallest absolute Gasteiger partial charge is 0.335 e. The van der Waals surface area contributed by atoms with Crippen molar-refractivity contribution in [1.82, 2.24) is 4.98 Å². The summed E-state index contributed by atoms with van der Waals surface area (Å²) in [7, 11) is 0. The highest BCUT2D eigenvalue weighted by Gasteiger charge is 2.01. The Bertz CT molecular complexity index is 509. The van der Waals surface area contributed by atoms with Crippen LogP contribution in [0.5, 0.6) is 0 Å². The van der Waals surface area contributed by atoms with E-state index in [2.05, 4.69) is 10.3 Å². The summed E-state index contributed by atoms with van der Waals surface area (Å²) < 4.78 is 0. The number of carboxylic acid groups (broad SMARTS) is 1. The van der Waals surface area contributed by atoms with Gasteiger partial charge in [0.25, 0.3) is 0 Å². The number of carbonyl (C=O) groups is 1. The summed E-state index contributed by atoms with van der Waals surface area (Å²) in [6.07, 6.45) is 2.61. The number of anilines is 1. The Labute approximate surface area is 105 Å². The van der Waals surface area contributed by atoms with Gasteiger partial charge in [0, 0.05) is 30.5 Å². The first-order chi connectivity index (χ1) is 8.75. The number of carboxylic acids is 1. The van der Waals surface area contributed by atoms with Gasteiger partial charge in [0.15, 0.2) is 0 Å². The zero-order valence-corrected chi connectivity index (χ0v) is 9.84. The second-order valence-corrected chi connectivity index (χ2v) is 3.88. The van der Waals surface area contributed by atoms with Gasteiger partial charge < -0.3 is 10.4 Å². The summed E-state index contributed by atoms with van der Waals surface area (Å²) in [6, 6.07) is 12.5. The molecule has 92 valence electrons. The summed E-state index contributed by atoms with van der Waals surface area (Å²) in [4.78, 5) is 14.9. The molecule has 2 rings (SSSR count). The van der Waals surface area contributed by atoms with Crippen LogP contribution in [0.25, 0.3) is 0 Å². The van der Waals surface area contributed by atoms with Crippen LogP contribution in [0.1, 0.15) is 16.1 Å². The third kappa shape index (κ3) is 3.31. The molecular weight excluding hydrogens is 228 g/mol. The van der Waals surface area contributed by atoms with Crippen molar-refractivity contribution in [3.63, 3.8) is 0 Å². The van der Waals surface area contributed by atoms with Crippen LogP contribution >= 0.6 is 0 Å². The Balaban J connectivity index is 1.85. The third-order valence-electron chi connectivity index (χ3n) is 2.57. The van der Waals surface area contributed by atoms with E-state index in [9.17, 15) is 4.79 Å². The van der Waals surface area contributed by atoms with Gasteiger partial charge in [0.1, 0.15) is 0 Å². The zero-order valence-electron chi connectivity index (χ0n) is 9.84. The maximum atomic E-state index is 10.7. The molecule has 0 saturated carbocycles. The molecule has 18 heavy (non-hydrogen) atoms. The van der Waals surface area contributed by atoms with Crippen LogP contribution in [0.2, 0.25) is 0 Å². The molecule has 2 N–H and O–H groups in total. The lowest BCUT2D eigenvalue weighted by Gasteiger charge is -2.06. The normalized spacial score (nSPS) is 10.0. The van der Waals surface area contributed by atoms with Gasteiger partial charge in [-0.2, -0.15) is 0 Å². The van der Waals surface area contributed by atoms with Gasteiger partial charge in [-0.05, 0) is 36.4 Å². The van der Waals surface area contributed by atoms with Gasteiger partial charge >= 0.3 is 5.97 Å². The minimum Gasteiger partial charge on any atom is -0.478 e. The van der Waals surface area contributed by atoms with Gasteiger partial charge in [0.2, 0.25) is 0 Å². The lowest BCUT2D eigenvalue weighted by Crippen LogP contribution is -2.06. The average molecular weight is 242 g/mol. The molecule has 0 radical (unpaired) electrons. The van der Waals surface area contributed by atoms with Gasteiger partial charge in [-0.3, -0.25) is 4.98 Å². The standard InChI is InChI=1S/C14H14N2O2/c17-14(18)11-4-6-13(7-5-11)16-10-8-12-3-1-2-9-15-12/h1-7,9,16H,8,10H2,(H,17,18). The van der Waals surface area contributed by atoms with Crippen LogP contribution < -0.4 is 5.32 Å². The fraction of sp³-hybridized carbons (Fsp3) is 0.143. The van der Waals surface area contributed by atoms with Crippen molar-refractivity contribution in [3.05, 3.63) is 59.9 Å². The first kappa shape index (κ1) is 12.1. The quantitative estimate of drug-likeness (QED) is 0.845. The topological polar surface area (TPSA) is 62.2 Å². The molecule has 0 unspecified atom stereocenters. The largest absolute Gasteiger partial charge is 0.478 e. The van der Waals surface area contributed by atoms with Crippen molar-refractivity contribution >= 4 is 11.7 Å². The van der Waals surface area contributed by atoms with Crippen molar-refractivity contribution in [2.75, 3.05) is 11.9 Å². The number of pyridine rings is 1. The lowest BCUT2D eigenvalue weighted by molar-refractivity contribution is 0.0697. The van der Waals surface area contributed by atoms with Crippen molar-refractivity contribution in [2.45, 2.75) is 6.42 Å². The molecule has 4 heteroatoms. The molecule has 0 fully saturated rings. The number of hydrogen-bond donors (Lipinski definition) is 2. The summed E-state index contributed by atoms with van der Waals surface area (Å²) in [5.41, 5.74) is 2.24. The molecule has 0 aliphatic carbocycles. The predicted octanol–water partition coefficient (Wildman–Crippen LogP) is 2.43. The molecule has 0 aliphatic heterocycles. The maximum Gasteiger partial charge on any atom is 0.335 e. The van der Waals surface area contributed by atoms with Crippen molar-refractivity contribution < 1.29 is 9.90 Å². The van der Waals surface area contributed by atoms with E-state index in [4.69, 9.17) is 5.11 Å². The number of rotatable bonds is 5. The first-order valence-electron chi connectivity index (χ1n) is 5.73. The molecule has 1 aromatic carbocycles. The molecule has 1 heterocycles. The summed E-state index contributed by atoms with van der Waals surface area (Å²) >= 11 is 0. The van der Waals surface area contributed by atoms with Crippen LogP contribution in [0.4, 0.5) is 5.69 Å². The molecule has 0 amide bonds. The van der Waals surface area contributed by atoms with Crippen molar-refractivity contribution in [1.29, 1.82) is 0 Å². The average Bonchev–Trinajstić information content (AvgIpc) is 2.40. The summed E-state index contributed by atoms with van der Waals surface area (Å²) in [5, 5.41) is 12.0. The third-order valence-corrected chi connectivity index (χ3v) is 2.57. The number of hydrogen-bond acceptors (Lipinski definition) is 3. The Morgan fingerprint density at radius 1 is 1.17 bits per heavy atom. The fourth-order valence-corrected chi connectivity index (χ4v) is 1.61. The Morgan fingerprint density at radius 2 is 1.94 bits per heavy atom. The number of aromatic nitrogens is 1. The highest BCUT2D eigenvalue weighted by molar-refractivity contribution is 5.87. The molecule has 2 aromatic rings. The van der Waals surface area contributed by atoms with Gasteiger partial charge in [-0.25, -0.2) is 4.79 Å². The number of benzene rings is 1. The van der Waals surface area contributed by atoms with E-state index in [0.717, 1.165) is 24.3 Å². The molecule has 0 bridgehead atoms. The summed E-state index contributed by atoms with van der Waals surface area (Å²) in [6.45, 7) is 0.767. The van der Waals surface area contributed by atoms with E-state index in [1.165, 1.54) is 0 Å². The highest BCUT2D eigenvalue weighted by Crippen LogP contribution is 2.09. The van der Waals surface area contributed by atoms with Crippen LogP contribution in [0, 0.1) is 0 Å². The molecular formula is C14H14N2O2. The zero-order chi connectivity index (χ0) is 12.8. The number of nitrogens with zero attached hydrogens (tertiary/aromatic N) is 1. The molecule has 1 aromatic heterocycles. The number of nitrogens with one attached hydrogen (secondary N) is 1. The second-order valence-electron chi connectivity index (χ2n) is 3.88. The number of aromatic carboxylic acids is 1.